The third-order valence-corrected chi connectivity index (χ3v) is 5.33. The lowest BCUT2D eigenvalue weighted by Gasteiger charge is -2.25. The minimum absolute atomic E-state index is 0.0691. The van der Waals surface area contributed by atoms with Crippen molar-refractivity contribution in [1.29, 1.82) is 0 Å². The van der Waals surface area contributed by atoms with Crippen molar-refractivity contribution in [3.63, 3.8) is 0 Å². The molecule has 134 valence electrons. The van der Waals surface area contributed by atoms with Gasteiger partial charge in [-0.25, -0.2) is 0 Å². The highest BCUT2D eigenvalue weighted by molar-refractivity contribution is 6.02. The predicted octanol–water partition coefficient (Wildman–Crippen LogP) is 2.44. The van der Waals surface area contributed by atoms with Gasteiger partial charge < -0.3 is 5.32 Å². The number of hydrogen-bond donors (Lipinski definition) is 1. The Morgan fingerprint density at radius 3 is 2.36 bits per heavy atom. The zero-order valence-corrected chi connectivity index (χ0v) is 14.6. The van der Waals surface area contributed by atoms with Gasteiger partial charge in [0.15, 0.2) is 0 Å². The molecule has 1 heterocycles. The number of imide groups is 1. The summed E-state index contributed by atoms with van der Waals surface area (Å²) in [7, 11) is 0. The summed E-state index contributed by atoms with van der Waals surface area (Å²) in [6, 6.07) is 10.4. The Balaban J connectivity index is 1.56. The van der Waals surface area contributed by atoms with Crippen molar-refractivity contribution in [1.82, 2.24) is 10.2 Å². The number of benzene rings is 1. The Hall–Kier alpha value is -2.17. The van der Waals surface area contributed by atoms with E-state index in [1.165, 1.54) is 23.3 Å². The smallest absolute Gasteiger partial charge is 0.229 e. The van der Waals surface area contributed by atoms with Crippen molar-refractivity contribution in [2.75, 3.05) is 6.54 Å². The molecule has 0 aromatic heterocycles. The largest absolute Gasteiger partial charge is 0.353 e. The van der Waals surface area contributed by atoms with Gasteiger partial charge in [0.1, 0.15) is 0 Å². The van der Waals surface area contributed by atoms with E-state index in [1.807, 2.05) is 18.2 Å². The van der Waals surface area contributed by atoms with Gasteiger partial charge in [-0.15, -0.1) is 0 Å². The number of hydrogen-bond acceptors (Lipinski definition) is 3. The van der Waals surface area contributed by atoms with Crippen LogP contribution in [-0.2, 0) is 20.8 Å². The van der Waals surface area contributed by atoms with Crippen LogP contribution in [0.4, 0.5) is 0 Å². The fourth-order valence-corrected chi connectivity index (χ4v) is 3.93. The molecule has 1 N–H and O–H groups in total. The lowest BCUT2D eigenvalue weighted by molar-refractivity contribution is -0.138. The van der Waals surface area contributed by atoms with E-state index in [1.54, 1.807) is 0 Å². The molecule has 1 saturated carbocycles. The van der Waals surface area contributed by atoms with Crippen molar-refractivity contribution in [2.24, 2.45) is 5.92 Å². The Labute approximate surface area is 148 Å². The summed E-state index contributed by atoms with van der Waals surface area (Å²) < 4.78 is 0. The number of likely N-dealkylation sites (tertiary alicyclic amines) is 1. The maximum Gasteiger partial charge on any atom is 0.229 e. The second kappa shape index (κ2) is 8.28. The van der Waals surface area contributed by atoms with Crippen molar-refractivity contribution < 1.29 is 14.4 Å². The third kappa shape index (κ3) is 4.68. The Kier molecular flexibility index (Phi) is 5.84. The van der Waals surface area contributed by atoms with Gasteiger partial charge in [-0.2, -0.15) is 0 Å². The highest BCUT2D eigenvalue weighted by atomic mass is 16.2. The molecule has 3 rings (SSSR count). The first-order chi connectivity index (χ1) is 12.1. The Bertz CT molecular complexity index is 607. The Morgan fingerprint density at radius 1 is 1.08 bits per heavy atom. The average molecular weight is 342 g/mol. The van der Waals surface area contributed by atoms with E-state index in [2.05, 4.69) is 17.4 Å². The van der Waals surface area contributed by atoms with Crippen LogP contribution < -0.4 is 5.32 Å². The molecule has 1 aliphatic carbocycles. The summed E-state index contributed by atoms with van der Waals surface area (Å²) in [4.78, 5) is 36.9. The van der Waals surface area contributed by atoms with Crippen molar-refractivity contribution in [2.45, 2.75) is 57.4 Å². The van der Waals surface area contributed by atoms with E-state index in [4.69, 9.17) is 0 Å². The fraction of sp³-hybridized carbons (Fsp3) is 0.550. The highest BCUT2D eigenvalue weighted by Gasteiger charge is 2.30. The van der Waals surface area contributed by atoms with Crippen molar-refractivity contribution >= 4 is 17.7 Å². The number of amides is 3. The first-order valence-electron chi connectivity index (χ1n) is 9.30. The van der Waals surface area contributed by atoms with Crippen LogP contribution in [-0.4, -0.2) is 35.2 Å². The van der Waals surface area contributed by atoms with E-state index in [-0.39, 0.29) is 49.6 Å². The monoisotopic (exact) mass is 342 g/mol. The number of carbonyl (C=O) groups is 3. The molecule has 1 aromatic carbocycles. The van der Waals surface area contributed by atoms with Gasteiger partial charge >= 0.3 is 0 Å². The molecule has 2 aliphatic rings. The van der Waals surface area contributed by atoms with Crippen LogP contribution in [0.2, 0.25) is 0 Å². The molecule has 3 amide bonds. The molecular formula is C20H26N2O3. The molecule has 0 unspecified atom stereocenters. The molecule has 1 saturated heterocycles. The lowest BCUT2D eigenvalue weighted by atomic mass is 9.92. The zero-order chi connectivity index (χ0) is 17.6. The topological polar surface area (TPSA) is 66.5 Å². The van der Waals surface area contributed by atoms with Crippen molar-refractivity contribution in [3.05, 3.63) is 35.9 Å². The van der Waals surface area contributed by atoms with Gasteiger partial charge in [0.2, 0.25) is 17.7 Å². The summed E-state index contributed by atoms with van der Waals surface area (Å²) in [5, 5.41) is 3.17. The fourth-order valence-electron chi connectivity index (χ4n) is 3.93. The molecular weight excluding hydrogens is 316 g/mol. The molecule has 2 fully saturated rings. The van der Waals surface area contributed by atoms with Gasteiger partial charge in [0, 0.05) is 31.8 Å². The van der Waals surface area contributed by atoms with Gasteiger partial charge in [-0.05, 0) is 30.7 Å². The second-order valence-corrected chi connectivity index (χ2v) is 7.10. The SMILES string of the molecule is O=C(CCN1C(=O)CCC1=O)N[C@H](Cc1ccccc1)C1CCCC1. The number of rotatable bonds is 7. The van der Waals surface area contributed by atoms with Gasteiger partial charge in [0.05, 0.1) is 0 Å². The molecule has 0 spiro atoms. The minimum Gasteiger partial charge on any atom is -0.353 e. The van der Waals surface area contributed by atoms with Crippen molar-refractivity contribution in [3.8, 4) is 0 Å². The lowest BCUT2D eigenvalue weighted by Crippen LogP contribution is -2.42. The highest BCUT2D eigenvalue weighted by Crippen LogP contribution is 2.29. The van der Waals surface area contributed by atoms with Gasteiger partial charge in [-0.3, -0.25) is 19.3 Å². The zero-order valence-electron chi connectivity index (χ0n) is 14.6. The number of nitrogens with zero attached hydrogens (tertiary/aromatic N) is 1. The van der Waals surface area contributed by atoms with Crippen LogP contribution in [0.3, 0.4) is 0 Å². The molecule has 1 aliphatic heterocycles. The summed E-state index contributed by atoms with van der Waals surface area (Å²) in [6.07, 6.45) is 6.33. The summed E-state index contributed by atoms with van der Waals surface area (Å²) >= 11 is 0. The van der Waals surface area contributed by atoms with Gasteiger partial charge in [-0.1, -0.05) is 43.2 Å². The number of carbonyl (C=O) groups excluding carboxylic acids is 3. The van der Waals surface area contributed by atoms with Crippen LogP contribution in [0.1, 0.15) is 50.5 Å². The normalized spacial score (nSPS) is 19.4. The van der Waals surface area contributed by atoms with E-state index in [0.717, 1.165) is 19.3 Å². The van der Waals surface area contributed by atoms with Crippen LogP contribution in [0, 0.1) is 5.92 Å². The van der Waals surface area contributed by atoms with Crippen LogP contribution in [0.15, 0.2) is 30.3 Å². The van der Waals surface area contributed by atoms with Crippen LogP contribution in [0.25, 0.3) is 0 Å². The molecule has 25 heavy (non-hydrogen) atoms. The van der Waals surface area contributed by atoms with E-state index < -0.39 is 0 Å². The predicted molar refractivity (Wildman–Crippen MR) is 94.6 cm³/mol. The summed E-state index contributed by atoms with van der Waals surface area (Å²) in [6.45, 7) is 0.201. The quantitative estimate of drug-likeness (QED) is 0.774. The average Bonchev–Trinajstić information content (AvgIpc) is 3.24. The van der Waals surface area contributed by atoms with Crippen LogP contribution >= 0.6 is 0 Å². The third-order valence-electron chi connectivity index (χ3n) is 5.33. The molecule has 1 aromatic rings. The van der Waals surface area contributed by atoms with E-state index >= 15 is 0 Å². The molecule has 5 nitrogen and oxygen atoms in total. The minimum atomic E-state index is -0.158. The molecule has 5 heteroatoms. The standard InChI is InChI=1S/C20H26N2O3/c23-18(12-13-22-19(24)10-11-20(22)25)21-17(16-8-4-5-9-16)14-15-6-2-1-3-7-15/h1-3,6-7,16-17H,4-5,8-14H2,(H,21,23)/t17-/m1/s1. The van der Waals surface area contributed by atoms with Gasteiger partial charge in [0.25, 0.3) is 0 Å². The molecule has 0 radical (unpaired) electrons. The first-order valence-corrected chi connectivity index (χ1v) is 9.30. The Morgan fingerprint density at radius 2 is 1.72 bits per heavy atom. The molecule has 1 atom stereocenters. The van der Waals surface area contributed by atoms with E-state index in [9.17, 15) is 14.4 Å². The van der Waals surface area contributed by atoms with E-state index in [0.29, 0.717) is 5.92 Å². The number of nitrogens with one attached hydrogen (secondary N) is 1. The second-order valence-electron chi connectivity index (χ2n) is 7.10. The molecule has 0 bridgehead atoms. The summed E-state index contributed by atoms with van der Waals surface area (Å²) in [5.74, 6) is 0.128. The maximum atomic E-state index is 12.4. The summed E-state index contributed by atoms with van der Waals surface area (Å²) in [5.41, 5.74) is 1.23. The maximum absolute atomic E-state index is 12.4. The first kappa shape index (κ1) is 17.6. The van der Waals surface area contributed by atoms with Crippen LogP contribution in [0.5, 0.6) is 0 Å².